The molecule has 8 nitrogen and oxygen atoms in total. The lowest BCUT2D eigenvalue weighted by atomic mass is 10.0. The van der Waals surface area contributed by atoms with Gasteiger partial charge in [-0.25, -0.2) is 4.79 Å². The van der Waals surface area contributed by atoms with Crippen LogP contribution >= 0.6 is 0 Å². The minimum Gasteiger partial charge on any atom is -0.493 e. The number of rotatable bonds is 8. The van der Waals surface area contributed by atoms with Crippen molar-refractivity contribution in [3.8, 4) is 11.5 Å². The summed E-state index contributed by atoms with van der Waals surface area (Å²) in [4.78, 5) is 38.2. The molecule has 1 N–H and O–H groups in total. The first-order valence-electron chi connectivity index (χ1n) is 9.11. The fourth-order valence-electron chi connectivity index (χ4n) is 3.18. The molecule has 0 bridgehead atoms. The zero-order valence-corrected chi connectivity index (χ0v) is 17.0. The van der Waals surface area contributed by atoms with Crippen LogP contribution in [0.3, 0.4) is 0 Å². The Bertz CT molecular complexity index is 746. The van der Waals surface area contributed by atoms with Gasteiger partial charge in [0.15, 0.2) is 11.5 Å². The summed E-state index contributed by atoms with van der Waals surface area (Å²) < 4.78 is 15.2. The summed E-state index contributed by atoms with van der Waals surface area (Å²) in [5.74, 6) is -0.130. The maximum Gasteiger partial charge on any atom is 0.330 e. The molecule has 1 unspecified atom stereocenters. The molecule has 1 atom stereocenters. The van der Waals surface area contributed by atoms with Crippen LogP contribution < -0.4 is 14.8 Å². The van der Waals surface area contributed by atoms with Crippen molar-refractivity contribution in [3.63, 3.8) is 0 Å². The highest BCUT2D eigenvalue weighted by Gasteiger charge is 2.38. The Morgan fingerprint density at radius 2 is 1.86 bits per heavy atom. The number of methoxy groups -OCH3 is 3. The van der Waals surface area contributed by atoms with Crippen LogP contribution in [0, 0.1) is 5.92 Å². The van der Waals surface area contributed by atoms with Gasteiger partial charge < -0.3 is 24.4 Å². The molecule has 0 saturated carbocycles. The number of ether oxygens (including phenoxy) is 3. The normalized spacial score (nSPS) is 16.7. The lowest BCUT2D eigenvalue weighted by Crippen LogP contribution is -2.52. The van der Waals surface area contributed by atoms with Gasteiger partial charge in [-0.3, -0.25) is 9.59 Å². The summed E-state index contributed by atoms with van der Waals surface area (Å²) in [6, 6.07) is 5.62. The van der Waals surface area contributed by atoms with Gasteiger partial charge in [-0.05, 0) is 38.0 Å². The number of hydrogen-bond donors (Lipinski definition) is 1. The van der Waals surface area contributed by atoms with Crippen molar-refractivity contribution in [2.24, 2.45) is 5.92 Å². The Morgan fingerprint density at radius 3 is 2.46 bits per heavy atom. The van der Waals surface area contributed by atoms with Crippen molar-refractivity contribution in [2.75, 3.05) is 34.4 Å². The van der Waals surface area contributed by atoms with Gasteiger partial charge in [0.2, 0.25) is 11.8 Å². The molecule has 1 aromatic carbocycles. The molecule has 154 valence electrons. The molecule has 2 rings (SSSR count). The monoisotopic (exact) mass is 392 g/mol. The third-order valence-corrected chi connectivity index (χ3v) is 4.84. The Hall–Kier alpha value is -2.77. The molecule has 2 amide bonds. The van der Waals surface area contributed by atoms with E-state index < -0.39 is 17.4 Å². The molecule has 0 radical (unpaired) electrons. The van der Waals surface area contributed by atoms with Gasteiger partial charge in [-0.1, -0.05) is 6.07 Å². The molecule has 1 heterocycles. The van der Waals surface area contributed by atoms with E-state index in [0.717, 1.165) is 5.56 Å². The Labute approximate surface area is 165 Å². The first-order valence-corrected chi connectivity index (χ1v) is 9.11. The van der Waals surface area contributed by atoms with Crippen LogP contribution in [-0.2, 0) is 25.5 Å². The van der Waals surface area contributed by atoms with Crippen molar-refractivity contribution < 1.29 is 28.6 Å². The number of likely N-dealkylation sites (tertiary alicyclic amines) is 1. The third-order valence-electron chi connectivity index (χ3n) is 4.84. The first kappa shape index (κ1) is 21.5. The summed E-state index contributed by atoms with van der Waals surface area (Å²) in [5, 5.41) is 2.67. The van der Waals surface area contributed by atoms with Gasteiger partial charge in [0.1, 0.15) is 5.54 Å². The average molecular weight is 392 g/mol. The van der Waals surface area contributed by atoms with E-state index >= 15 is 0 Å². The second-order valence-corrected chi connectivity index (χ2v) is 7.29. The summed E-state index contributed by atoms with van der Waals surface area (Å²) in [6.07, 6.45) is 0.767. The highest BCUT2D eigenvalue weighted by atomic mass is 16.5. The minimum absolute atomic E-state index is 0.0727. The van der Waals surface area contributed by atoms with Crippen LogP contribution in [0.1, 0.15) is 25.8 Å². The van der Waals surface area contributed by atoms with Crippen LogP contribution in [0.4, 0.5) is 0 Å². The largest absolute Gasteiger partial charge is 0.493 e. The van der Waals surface area contributed by atoms with E-state index in [1.807, 2.05) is 18.2 Å². The number of nitrogens with one attached hydrogen (secondary N) is 1. The molecule has 1 fully saturated rings. The molecular formula is C20H28N2O6. The number of carbonyl (C=O) groups excluding carboxylic acids is 3. The SMILES string of the molecule is COC(=O)C(C)(C)NC(=O)C1CC(=O)N(CCc2ccc(OC)c(OC)c2)C1. The van der Waals surface area contributed by atoms with E-state index in [9.17, 15) is 14.4 Å². The maximum absolute atomic E-state index is 12.5. The summed E-state index contributed by atoms with van der Waals surface area (Å²) >= 11 is 0. The molecule has 1 saturated heterocycles. The summed E-state index contributed by atoms with van der Waals surface area (Å²) in [7, 11) is 4.42. The summed E-state index contributed by atoms with van der Waals surface area (Å²) in [5.41, 5.74) is -0.132. The minimum atomic E-state index is -1.14. The smallest absolute Gasteiger partial charge is 0.330 e. The third kappa shape index (κ3) is 4.94. The second-order valence-electron chi connectivity index (χ2n) is 7.29. The standard InChI is InChI=1S/C20H28N2O6/c1-20(2,19(25)28-5)21-18(24)14-11-17(23)22(12-14)9-8-13-6-7-15(26-3)16(10-13)27-4/h6-7,10,14H,8-9,11-12H2,1-5H3,(H,21,24). The van der Waals surface area contributed by atoms with Crippen LogP contribution in [-0.4, -0.2) is 62.6 Å². The number of carbonyl (C=O) groups is 3. The van der Waals surface area contributed by atoms with Gasteiger partial charge >= 0.3 is 5.97 Å². The summed E-state index contributed by atoms with van der Waals surface area (Å²) in [6.45, 7) is 3.97. The van der Waals surface area contributed by atoms with E-state index in [2.05, 4.69) is 5.32 Å². The van der Waals surface area contributed by atoms with E-state index in [1.165, 1.54) is 7.11 Å². The van der Waals surface area contributed by atoms with Crippen molar-refractivity contribution in [3.05, 3.63) is 23.8 Å². The fourth-order valence-corrected chi connectivity index (χ4v) is 3.18. The van der Waals surface area contributed by atoms with E-state index in [0.29, 0.717) is 31.0 Å². The molecule has 1 aliphatic rings. The fraction of sp³-hybridized carbons (Fsp3) is 0.550. The molecular weight excluding hydrogens is 364 g/mol. The predicted octanol–water partition coefficient (Wildman–Crippen LogP) is 1.16. The Balaban J connectivity index is 1.94. The van der Waals surface area contributed by atoms with E-state index in [4.69, 9.17) is 14.2 Å². The zero-order valence-electron chi connectivity index (χ0n) is 17.0. The molecule has 0 aliphatic carbocycles. The number of hydrogen-bond acceptors (Lipinski definition) is 6. The zero-order chi connectivity index (χ0) is 20.9. The van der Waals surface area contributed by atoms with Gasteiger partial charge in [0, 0.05) is 19.5 Å². The van der Waals surface area contributed by atoms with Crippen LogP contribution in [0.15, 0.2) is 18.2 Å². The van der Waals surface area contributed by atoms with Crippen LogP contribution in [0.2, 0.25) is 0 Å². The van der Waals surface area contributed by atoms with Crippen molar-refractivity contribution in [2.45, 2.75) is 32.2 Å². The first-order chi connectivity index (χ1) is 13.2. The van der Waals surface area contributed by atoms with Gasteiger partial charge in [0.25, 0.3) is 0 Å². The van der Waals surface area contributed by atoms with E-state index in [-0.39, 0.29) is 18.2 Å². The quantitative estimate of drug-likeness (QED) is 0.668. The van der Waals surface area contributed by atoms with Crippen LogP contribution in [0.5, 0.6) is 11.5 Å². The lowest BCUT2D eigenvalue weighted by Gasteiger charge is -2.25. The van der Waals surface area contributed by atoms with Gasteiger partial charge in [-0.15, -0.1) is 0 Å². The number of benzene rings is 1. The molecule has 1 aromatic rings. The molecule has 1 aliphatic heterocycles. The topological polar surface area (TPSA) is 94.2 Å². The van der Waals surface area contributed by atoms with Crippen molar-refractivity contribution in [1.29, 1.82) is 0 Å². The molecule has 0 aromatic heterocycles. The molecule has 0 spiro atoms. The highest BCUT2D eigenvalue weighted by molar-refractivity contribution is 5.92. The molecule has 28 heavy (non-hydrogen) atoms. The average Bonchev–Trinajstić information content (AvgIpc) is 3.05. The van der Waals surface area contributed by atoms with Gasteiger partial charge in [0.05, 0.1) is 27.2 Å². The Kier molecular flexibility index (Phi) is 6.88. The Morgan fingerprint density at radius 1 is 1.18 bits per heavy atom. The van der Waals surface area contributed by atoms with Crippen molar-refractivity contribution in [1.82, 2.24) is 10.2 Å². The number of amides is 2. The maximum atomic E-state index is 12.5. The van der Waals surface area contributed by atoms with Gasteiger partial charge in [-0.2, -0.15) is 0 Å². The second kappa shape index (κ2) is 8.95. The van der Waals surface area contributed by atoms with E-state index in [1.54, 1.807) is 33.0 Å². The number of esters is 1. The number of nitrogens with zero attached hydrogens (tertiary/aromatic N) is 1. The highest BCUT2D eigenvalue weighted by Crippen LogP contribution is 2.28. The lowest BCUT2D eigenvalue weighted by molar-refractivity contribution is -0.149. The van der Waals surface area contributed by atoms with Crippen molar-refractivity contribution >= 4 is 17.8 Å². The molecule has 8 heteroatoms. The van der Waals surface area contributed by atoms with Crippen LogP contribution in [0.25, 0.3) is 0 Å². The predicted molar refractivity (Wildman–Crippen MR) is 102 cm³/mol.